The number of nitrogens with two attached hydrogens (primary N) is 1. The molecule has 3 nitrogen and oxygen atoms in total. The van der Waals surface area contributed by atoms with E-state index in [2.05, 4.69) is 20.9 Å². The molecule has 3 aromatic rings. The zero-order valence-corrected chi connectivity index (χ0v) is 12.8. The number of rotatable bonds is 1. The van der Waals surface area contributed by atoms with E-state index in [1.54, 1.807) is 16.7 Å². The van der Waals surface area contributed by atoms with Crippen LogP contribution in [0.4, 0.5) is 10.3 Å². The second-order valence-electron chi connectivity index (χ2n) is 4.47. The van der Waals surface area contributed by atoms with Gasteiger partial charge in [-0.25, -0.2) is 9.37 Å². The summed E-state index contributed by atoms with van der Waals surface area (Å²) in [5, 5.41) is 0.541. The number of hydrogen-bond acceptors (Lipinski definition) is 2. The van der Waals surface area contributed by atoms with Gasteiger partial charge in [0, 0.05) is 6.07 Å². The number of aromatic nitrogens is 2. The highest BCUT2D eigenvalue weighted by Crippen LogP contribution is 2.32. The molecule has 0 saturated heterocycles. The molecule has 0 amide bonds. The highest BCUT2D eigenvalue weighted by Gasteiger charge is 2.16. The molecule has 3 rings (SSSR count). The number of nitrogens with zero attached hydrogens (tertiary/aromatic N) is 2. The third-order valence-electron chi connectivity index (χ3n) is 3.13. The molecule has 0 unspecified atom stereocenters. The Hall–Kier alpha value is -1.59. The molecule has 102 valence electrons. The highest BCUT2D eigenvalue weighted by atomic mass is 79.9. The second kappa shape index (κ2) is 4.75. The van der Waals surface area contributed by atoms with Crippen molar-refractivity contribution in [2.75, 3.05) is 5.73 Å². The Kier molecular flexibility index (Phi) is 3.18. The molecule has 1 heterocycles. The molecule has 0 spiro atoms. The van der Waals surface area contributed by atoms with E-state index in [-0.39, 0.29) is 11.8 Å². The van der Waals surface area contributed by atoms with Crippen LogP contribution in [0.25, 0.3) is 16.7 Å². The fraction of sp³-hybridized carbons (Fsp3) is 0.0714. The first-order valence-corrected chi connectivity index (χ1v) is 7.04. The van der Waals surface area contributed by atoms with Gasteiger partial charge in [0.05, 0.1) is 26.2 Å². The van der Waals surface area contributed by atoms with Crippen molar-refractivity contribution < 1.29 is 4.39 Å². The summed E-state index contributed by atoms with van der Waals surface area (Å²) in [4.78, 5) is 4.26. The van der Waals surface area contributed by atoms with Gasteiger partial charge >= 0.3 is 0 Å². The predicted molar refractivity (Wildman–Crippen MR) is 82.9 cm³/mol. The van der Waals surface area contributed by atoms with Crippen LogP contribution in [0.15, 0.2) is 34.8 Å². The second-order valence-corrected chi connectivity index (χ2v) is 5.73. The fourth-order valence-electron chi connectivity index (χ4n) is 2.23. The molecule has 0 fully saturated rings. The Balaban J connectivity index is 2.42. The van der Waals surface area contributed by atoms with Crippen LogP contribution in [0, 0.1) is 12.7 Å². The predicted octanol–water partition coefficient (Wildman–Crippen LogP) is 4.47. The Morgan fingerprint density at radius 1 is 1.35 bits per heavy atom. The maximum atomic E-state index is 13.8. The number of hydrogen-bond donors (Lipinski definition) is 1. The van der Waals surface area contributed by atoms with E-state index in [0.29, 0.717) is 20.5 Å². The van der Waals surface area contributed by atoms with E-state index >= 15 is 0 Å². The maximum absolute atomic E-state index is 13.8. The lowest BCUT2D eigenvalue weighted by Gasteiger charge is -2.12. The van der Waals surface area contributed by atoms with Crippen molar-refractivity contribution in [1.82, 2.24) is 9.55 Å². The Labute approximate surface area is 128 Å². The number of imidazole rings is 1. The third-order valence-corrected chi connectivity index (χ3v) is 4.05. The lowest BCUT2D eigenvalue weighted by Crippen LogP contribution is -2.03. The van der Waals surface area contributed by atoms with E-state index in [4.69, 9.17) is 17.3 Å². The average Bonchev–Trinajstić information content (AvgIpc) is 2.67. The molecule has 2 N–H and O–H groups in total. The number of benzene rings is 2. The molecule has 0 aliphatic rings. The molecule has 0 atom stereocenters. The van der Waals surface area contributed by atoms with E-state index in [0.717, 1.165) is 11.3 Å². The number of aryl methyl sites for hydroxylation is 1. The largest absolute Gasteiger partial charge is 0.369 e. The molecular formula is C14H10BrClFN3. The molecule has 1 aromatic heterocycles. The SMILES string of the molecule is Cc1cccc(Cl)c1-n1c(N)nc2cc(Br)c(F)cc21. The minimum absolute atomic E-state index is 0.272. The minimum atomic E-state index is -0.372. The van der Waals surface area contributed by atoms with Crippen LogP contribution in [0.5, 0.6) is 0 Å². The minimum Gasteiger partial charge on any atom is -0.369 e. The highest BCUT2D eigenvalue weighted by molar-refractivity contribution is 9.10. The standard InChI is InChI=1S/C14H10BrClFN3/c1-7-3-2-4-9(16)13(7)20-12-6-10(17)8(15)5-11(12)19-14(20)18/h2-6H,1H3,(H2,18,19). The Morgan fingerprint density at radius 3 is 2.80 bits per heavy atom. The van der Waals surface area contributed by atoms with Gasteiger partial charge in [-0.3, -0.25) is 4.57 Å². The van der Waals surface area contributed by atoms with E-state index in [9.17, 15) is 4.39 Å². The smallest absolute Gasteiger partial charge is 0.205 e. The molecule has 20 heavy (non-hydrogen) atoms. The van der Waals surface area contributed by atoms with Crippen molar-refractivity contribution in [3.8, 4) is 5.69 Å². The van der Waals surface area contributed by atoms with Crippen molar-refractivity contribution in [2.24, 2.45) is 0 Å². The van der Waals surface area contributed by atoms with Crippen molar-refractivity contribution >= 4 is 44.5 Å². The monoisotopic (exact) mass is 353 g/mol. The van der Waals surface area contributed by atoms with Crippen LogP contribution >= 0.6 is 27.5 Å². The van der Waals surface area contributed by atoms with Crippen LogP contribution in [-0.2, 0) is 0 Å². The van der Waals surface area contributed by atoms with E-state index < -0.39 is 0 Å². The quantitative estimate of drug-likeness (QED) is 0.700. The van der Waals surface area contributed by atoms with Gasteiger partial charge < -0.3 is 5.73 Å². The average molecular weight is 355 g/mol. The van der Waals surface area contributed by atoms with Gasteiger partial charge in [0.15, 0.2) is 0 Å². The molecule has 0 aliphatic heterocycles. The number of fused-ring (bicyclic) bond motifs is 1. The van der Waals surface area contributed by atoms with Gasteiger partial charge in [-0.2, -0.15) is 0 Å². The van der Waals surface area contributed by atoms with Crippen LogP contribution in [-0.4, -0.2) is 9.55 Å². The molecular weight excluding hydrogens is 345 g/mol. The van der Waals surface area contributed by atoms with Gasteiger partial charge in [-0.15, -0.1) is 0 Å². The summed E-state index contributed by atoms with van der Waals surface area (Å²) in [6.45, 7) is 1.92. The van der Waals surface area contributed by atoms with Crippen molar-refractivity contribution in [3.63, 3.8) is 0 Å². The maximum Gasteiger partial charge on any atom is 0.205 e. The zero-order valence-electron chi connectivity index (χ0n) is 10.5. The van der Waals surface area contributed by atoms with Gasteiger partial charge in [0.25, 0.3) is 0 Å². The molecule has 2 aromatic carbocycles. The number of anilines is 1. The molecule has 6 heteroatoms. The lowest BCUT2D eigenvalue weighted by molar-refractivity contribution is 0.622. The topological polar surface area (TPSA) is 43.8 Å². The van der Waals surface area contributed by atoms with Gasteiger partial charge in [0.2, 0.25) is 5.95 Å². The van der Waals surface area contributed by atoms with Gasteiger partial charge in [-0.1, -0.05) is 23.7 Å². The van der Waals surface area contributed by atoms with Gasteiger partial charge in [0.1, 0.15) is 5.82 Å². The summed E-state index contributed by atoms with van der Waals surface area (Å²) in [6, 6.07) is 8.54. The van der Waals surface area contributed by atoms with Crippen molar-refractivity contribution in [2.45, 2.75) is 6.92 Å². The zero-order chi connectivity index (χ0) is 14.4. The number of halogens is 3. The van der Waals surface area contributed by atoms with E-state index in [1.807, 2.05) is 19.1 Å². The molecule has 0 radical (unpaired) electrons. The lowest BCUT2D eigenvalue weighted by atomic mass is 10.2. The summed E-state index contributed by atoms with van der Waals surface area (Å²) in [7, 11) is 0. The van der Waals surface area contributed by atoms with Gasteiger partial charge in [-0.05, 0) is 40.5 Å². The number of para-hydroxylation sites is 1. The fourth-order valence-corrected chi connectivity index (χ4v) is 2.87. The Morgan fingerprint density at radius 2 is 2.10 bits per heavy atom. The first-order valence-electron chi connectivity index (χ1n) is 5.87. The summed E-state index contributed by atoms with van der Waals surface area (Å²) < 4.78 is 15.8. The summed E-state index contributed by atoms with van der Waals surface area (Å²) in [5.41, 5.74) is 8.82. The third kappa shape index (κ3) is 1.98. The van der Waals surface area contributed by atoms with Crippen LogP contribution < -0.4 is 5.73 Å². The van der Waals surface area contributed by atoms with Crippen LogP contribution in [0.3, 0.4) is 0 Å². The van der Waals surface area contributed by atoms with Crippen LogP contribution in [0.1, 0.15) is 5.56 Å². The molecule has 0 aliphatic carbocycles. The van der Waals surface area contributed by atoms with Crippen molar-refractivity contribution in [1.29, 1.82) is 0 Å². The van der Waals surface area contributed by atoms with Crippen molar-refractivity contribution in [3.05, 3.63) is 51.2 Å². The van der Waals surface area contributed by atoms with Crippen LogP contribution in [0.2, 0.25) is 5.02 Å². The summed E-state index contributed by atoms with van der Waals surface area (Å²) >= 11 is 9.40. The normalized spacial score (nSPS) is 11.2. The van der Waals surface area contributed by atoms with E-state index in [1.165, 1.54) is 6.07 Å². The first-order chi connectivity index (χ1) is 9.49. The first kappa shape index (κ1) is 13.4. The molecule has 0 bridgehead atoms. The summed E-state index contributed by atoms with van der Waals surface area (Å²) in [6.07, 6.45) is 0. The number of nitrogen functional groups attached to an aromatic ring is 1. The summed E-state index contributed by atoms with van der Waals surface area (Å²) in [5.74, 6) is -0.0999. The Bertz CT molecular complexity index is 809. The molecule has 0 saturated carbocycles.